The molecule has 5 heteroatoms. The molecule has 100 valence electrons. The molecule has 1 rings (SSSR count). The summed E-state index contributed by atoms with van der Waals surface area (Å²) in [5.74, 6) is -0.0175. The molecule has 0 saturated carbocycles. The van der Waals surface area contributed by atoms with E-state index < -0.39 is 5.97 Å². The van der Waals surface area contributed by atoms with Gasteiger partial charge in [0, 0.05) is 11.6 Å². The minimum atomic E-state index is -0.796. The van der Waals surface area contributed by atoms with Crippen LogP contribution in [0.15, 0.2) is 24.3 Å². The highest BCUT2D eigenvalue weighted by molar-refractivity contribution is 6.30. The fourth-order valence-electron chi connectivity index (χ4n) is 1.55. The molecule has 1 N–H and O–H groups in total. The van der Waals surface area contributed by atoms with Gasteiger partial charge in [0.05, 0.1) is 13.2 Å². The summed E-state index contributed by atoms with van der Waals surface area (Å²) >= 11 is 5.76. The van der Waals surface area contributed by atoms with Crippen molar-refractivity contribution >= 4 is 17.6 Å². The Hall–Kier alpha value is -1.26. The summed E-state index contributed by atoms with van der Waals surface area (Å²) in [6.07, 6.45) is 0.795. The van der Waals surface area contributed by atoms with Crippen molar-refractivity contribution in [3.63, 3.8) is 0 Å². The average molecular weight is 272 g/mol. The largest absolute Gasteiger partial charge is 0.494 e. The zero-order chi connectivity index (χ0) is 13.4. The lowest BCUT2D eigenvalue weighted by Gasteiger charge is -2.17. The Morgan fingerprint density at radius 1 is 1.39 bits per heavy atom. The van der Waals surface area contributed by atoms with Gasteiger partial charge in [0.25, 0.3) is 0 Å². The summed E-state index contributed by atoms with van der Waals surface area (Å²) in [6.45, 7) is 4.04. The molecule has 0 aliphatic heterocycles. The second-order valence-electron chi connectivity index (χ2n) is 3.92. The number of halogens is 1. The lowest BCUT2D eigenvalue weighted by atomic mass is 10.3. The van der Waals surface area contributed by atoms with Gasteiger partial charge >= 0.3 is 5.97 Å². The molecule has 0 bridgehead atoms. The highest BCUT2D eigenvalue weighted by atomic mass is 35.5. The number of benzene rings is 1. The average Bonchev–Trinajstić information content (AvgIpc) is 2.34. The van der Waals surface area contributed by atoms with Crippen LogP contribution in [0.5, 0.6) is 5.75 Å². The van der Waals surface area contributed by atoms with Crippen molar-refractivity contribution in [3.8, 4) is 5.75 Å². The zero-order valence-corrected chi connectivity index (χ0v) is 11.2. The van der Waals surface area contributed by atoms with Crippen LogP contribution >= 0.6 is 11.6 Å². The Labute approximate surface area is 112 Å². The quantitative estimate of drug-likeness (QED) is 0.738. The molecule has 0 fully saturated rings. The van der Waals surface area contributed by atoms with E-state index in [2.05, 4.69) is 0 Å². The minimum absolute atomic E-state index is 0.0808. The van der Waals surface area contributed by atoms with Crippen molar-refractivity contribution in [2.24, 2.45) is 0 Å². The Morgan fingerprint density at radius 2 is 2.06 bits per heavy atom. The number of ether oxygens (including phenoxy) is 1. The molecule has 0 heterocycles. The molecule has 4 nitrogen and oxygen atoms in total. The van der Waals surface area contributed by atoms with E-state index in [0.29, 0.717) is 11.6 Å². The van der Waals surface area contributed by atoms with Gasteiger partial charge in [-0.25, -0.2) is 0 Å². The van der Waals surface area contributed by atoms with Crippen LogP contribution in [0.3, 0.4) is 0 Å². The summed E-state index contributed by atoms with van der Waals surface area (Å²) < 4.78 is 5.53. The molecular weight excluding hydrogens is 254 g/mol. The van der Waals surface area contributed by atoms with Crippen LogP contribution in [0.2, 0.25) is 5.02 Å². The monoisotopic (exact) mass is 271 g/mol. The van der Waals surface area contributed by atoms with Crippen LogP contribution in [0.1, 0.15) is 13.3 Å². The van der Waals surface area contributed by atoms with Crippen molar-refractivity contribution < 1.29 is 14.6 Å². The summed E-state index contributed by atoms with van der Waals surface area (Å²) in [4.78, 5) is 12.4. The third-order valence-electron chi connectivity index (χ3n) is 2.51. The molecule has 0 aliphatic rings. The number of carbonyl (C=O) groups is 1. The smallest absolute Gasteiger partial charge is 0.317 e. The fraction of sp³-hybridized carbons (Fsp3) is 0.462. The lowest BCUT2D eigenvalue weighted by Crippen LogP contribution is -2.31. The van der Waals surface area contributed by atoms with Crippen molar-refractivity contribution in [1.29, 1.82) is 0 Å². The first-order chi connectivity index (χ1) is 8.61. The highest BCUT2D eigenvalue weighted by Crippen LogP contribution is 2.15. The zero-order valence-electron chi connectivity index (χ0n) is 10.4. The van der Waals surface area contributed by atoms with Crippen LogP contribution in [0.25, 0.3) is 0 Å². The Kier molecular flexibility index (Phi) is 6.54. The van der Waals surface area contributed by atoms with Crippen LogP contribution in [0.4, 0.5) is 0 Å². The summed E-state index contributed by atoms with van der Waals surface area (Å²) in [5, 5.41) is 9.37. The first-order valence-corrected chi connectivity index (χ1v) is 6.32. The molecule has 0 atom stereocenters. The van der Waals surface area contributed by atoms with Gasteiger partial charge in [-0.05, 0) is 37.2 Å². The van der Waals surface area contributed by atoms with Gasteiger partial charge in [-0.1, -0.05) is 18.5 Å². The van der Waals surface area contributed by atoms with Gasteiger partial charge in [-0.3, -0.25) is 9.69 Å². The second kappa shape index (κ2) is 7.95. The van der Waals surface area contributed by atoms with E-state index in [1.807, 2.05) is 24.0 Å². The van der Waals surface area contributed by atoms with Crippen LogP contribution in [0, 0.1) is 0 Å². The molecule has 0 spiro atoms. The predicted octanol–water partition coefficient (Wildman–Crippen LogP) is 2.52. The van der Waals surface area contributed by atoms with Crippen molar-refractivity contribution in [2.45, 2.75) is 13.3 Å². The first kappa shape index (κ1) is 14.8. The van der Waals surface area contributed by atoms with E-state index in [1.165, 1.54) is 0 Å². The maximum atomic E-state index is 10.6. The number of carboxylic acids is 1. The van der Waals surface area contributed by atoms with Crippen molar-refractivity contribution in [1.82, 2.24) is 4.90 Å². The molecule has 0 unspecified atom stereocenters. The predicted molar refractivity (Wildman–Crippen MR) is 71.3 cm³/mol. The number of likely N-dealkylation sites (N-methyl/N-ethyl adjacent to an activating group) is 1. The molecule has 0 aliphatic carbocycles. The Morgan fingerprint density at radius 3 is 2.61 bits per heavy atom. The number of hydrogen-bond acceptors (Lipinski definition) is 3. The maximum absolute atomic E-state index is 10.6. The van der Waals surface area contributed by atoms with Gasteiger partial charge in [-0.2, -0.15) is 0 Å². The lowest BCUT2D eigenvalue weighted by molar-refractivity contribution is -0.138. The van der Waals surface area contributed by atoms with Gasteiger partial charge in [0.1, 0.15) is 5.75 Å². The second-order valence-corrected chi connectivity index (χ2v) is 4.35. The molecule has 18 heavy (non-hydrogen) atoms. The highest BCUT2D eigenvalue weighted by Gasteiger charge is 2.06. The molecule has 1 aromatic carbocycles. The van der Waals surface area contributed by atoms with Crippen molar-refractivity contribution in [3.05, 3.63) is 29.3 Å². The molecule has 0 amide bonds. The van der Waals surface area contributed by atoms with E-state index in [1.54, 1.807) is 12.1 Å². The van der Waals surface area contributed by atoms with Crippen LogP contribution < -0.4 is 4.74 Å². The van der Waals surface area contributed by atoms with Gasteiger partial charge in [-0.15, -0.1) is 0 Å². The standard InChI is InChI=1S/C13H18ClNO3/c1-2-15(10-13(16)17)8-3-9-18-12-6-4-11(14)5-7-12/h4-7H,2-3,8-10H2,1H3,(H,16,17). The first-order valence-electron chi connectivity index (χ1n) is 5.94. The van der Waals surface area contributed by atoms with Crippen molar-refractivity contribution in [2.75, 3.05) is 26.2 Å². The van der Waals surface area contributed by atoms with E-state index in [0.717, 1.165) is 25.3 Å². The third kappa shape index (κ3) is 5.89. The SMILES string of the molecule is CCN(CCCOc1ccc(Cl)cc1)CC(=O)O. The molecule has 0 aromatic heterocycles. The molecule has 0 saturated heterocycles. The van der Waals surface area contributed by atoms with E-state index >= 15 is 0 Å². The number of rotatable bonds is 8. The summed E-state index contributed by atoms with van der Waals surface area (Å²) in [6, 6.07) is 7.19. The summed E-state index contributed by atoms with van der Waals surface area (Å²) in [7, 11) is 0. The number of carboxylic acid groups (broad SMARTS) is 1. The van der Waals surface area contributed by atoms with Crippen LogP contribution in [-0.2, 0) is 4.79 Å². The van der Waals surface area contributed by atoms with E-state index in [9.17, 15) is 4.79 Å². The molecule has 1 aromatic rings. The number of aliphatic carboxylic acids is 1. The molecule has 0 radical (unpaired) electrons. The Bertz CT molecular complexity index is 367. The van der Waals surface area contributed by atoms with Gasteiger partial charge in [0.2, 0.25) is 0 Å². The van der Waals surface area contributed by atoms with E-state index in [4.69, 9.17) is 21.4 Å². The van der Waals surface area contributed by atoms with Gasteiger partial charge in [0.15, 0.2) is 0 Å². The van der Waals surface area contributed by atoms with Crippen LogP contribution in [-0.4, -0.2) is 42.2 Å². The number of hydrogen-bond donors (Lipinski definition) is 1. The Balaban J connectivity index is 2.21. The normalized spacial score (nSPS) is 10.6. The maximum Gasteiger partial charge on any atom is 0.317 e. The number of nitrogens with zero attached hydrogens (tertiary/aromatic N) is 1. The van der Waals surface area contributed by atoms with E-state index in [-0.39, 0.29) is 6.54 Å². The van der Waals surface area contributed by atoms with Gasteiger partial charge < -0.3 is 9.84 Å². The molecular formula is C13H18ClNO3. The summed E-state index contributed by atoms with van der Waals surface area (Å²) in [5.41, 5.74) is 0. The fourth-order valence-corrected chi connectivity index (χ4v) is 1.68. The topological polar surface area (TPSA) is 49.8 Å². The third-order valence-corrected chi connectivity index (χ3v) is 2.76. The minimum Gasteiger partial charge on any atom is -0.494 e.